The van der Waals surface area contributed by atoms with E-state index in [0.29, 0.717) is 4.47 Å². The van der Waals surface area contributed by atoms with Gasteiger partial charge in [-0.3, -0.25) is 14.9 Å². The molecular formula is C9H7BrN2O5. The molecule has 90 valence electrons. The maximum Gasteiger partial charge on any atom is 0.335 e. The maximum absolute atomic E-state index is 11.6. The molecule has 0 aliphatic rings. The van der Waals surface area contributed by atoms with E-state index in [4.69, 9.17) is 5.11 Å². The number of hydrogen-bond acceptors (Lipinski definition) is 4. The highest BCUT2D eigenvalue weighted by Crippen LogP contribution is 2.14. The fourth-order valence-corrected chi connectivity index (χ4v) is 1.57. The van der Waals surface area contributed by atoms with Gasteiger partial charge in [0.1, 0.15) is 0 Å². The van der Waals surface area contributed by atoms with Crippen LogP contribution in [0.15, 0.2) is 33.7 Å². The zero-order chi connectivity index (χ0) is 13.2. The fraction of sp³-hybridized carbons (Fsp3) is 0.111. The average Bonchev–Trinajstić information content (AvgIpc) is 2.22. The van der Waals surface area contributed by atoms with Gasteiger partial charge in [-0.15, -0.1) is 0 Å². The summed E-state index contributed by atoms with van der Waals surface area (Å²) < 4.78 is 1.22. The van der Waals surface area contributed by atoms with Gasteiger partial charge in [0.15, 0.2) is 0 Å². The Morgan fingerprint density at radius 1 is 1.65 bits per heavy atom. The van der Waals surface area contributed by atoms with Crippen molar-refractivity contribution in [3.05, 3.63) is 49.4 Å². The molecule has 1 aromatic heterocycles. The van der Waals surface area contributed by atoms with E-state index >= 15 is 0 Å². The van der Waals surface area contributed by atoms with Crippen LogP contribution in [0.1, 0.15) is 0 Å². The Hall–Kier alpha value is -1.96. The van der Waals surface area contributed by atoms with Crippen molar-refractivity contribution >= 4 is 27.6 Å². The van der Waals surface area contributed by atoms with E-state index in [1.54, 1.807) is 0 Å². The summed E-state index contributed by atoms with van der Waals surface area (Å²) in [6.45, 7) is 2.94. The molecule has 1 heterocycles. The van der Waals surface area contributed by atoms with Crippen molar-refractivity contribution in [1.82, 2.24) is 4.57 Å². The lowest BCUT2D eigenvalue weighted by Gasteiger charge is -2.05. The van der Waals surface area contributed by atoms with E-state index in [9.17, 15) is 19.7 Å². The minimum absolute atomic E-state index is 0.237. The number of carboxylic acids is 1. The van der Waals surface area contributed by atoms with Crippen LogP contribution in [0.2, 0.25) is 0 Å². The number of hydrogen-bond donors (Lipinski definition) is 1. The number of carbonyl (C=O) groups is 1. The molecule has 0 fully saturated rings. The molecule has 0 saturated heterocycles. The van der Waals surface area contributed by atoms with Gasteiger partial charge in [-0.1, -0.05) is 6.58 Å². The lowest BCUT2D eigenvalue weighted by atomic mass is 10.3. The first-order chi connectivity index (χ1) is 7.82. The second-order valence-corrected chi connectivity index (χ2v) is 4.06. The number of halogens is 1. The molecule has 8 heteroatoms. The molecule has 0 amide bonds. The Labute approximate surface area is 103 Å². The fourth-order valence-electron chi connectivity index (χ4n) is 1.11. The first kappa shape index (κ1) is 13.1. The molecule has 1 N–H and O–H groups in total. The van der Waals surface area contributed by atoms with E-state index in [0.717, 1.165) is 10.6 Å². The minimum atomic E-state index is -1.26. The molecule has 0 radical (unpaired) electrons. The van der Waals surface area contributed by atoms with Gasteiger partial charge in [-0.25, -0.2) is 4.79 Å². The topological polar surface area (TPSA) is 102 Å². The van der Waals surface area contributed by atoms with Crippen molar-refractivity contribution in [2.24, 2.45) is 0 Å². The molecule has 0 atom stereocenters. The zero-order valence-corrected chi connectivity index (χ0v) is 10.0. The Kier molecular flexibility index (Phi) is 3.79. The summed E-state index contributed by atoms with van der Waals surface area (Å²) in [5.41, 5.74) is -1.74. The highest BCUT2D eigenvalue weighted by molar-refractivity contribution is 9.10. The standard InChI is InChI=1S/C9H7BrN2O5/c1-5(9(14)15)3-11-4-6(10)2-7(8(11)13)12(16)17/h2,4H,1,3H2,(H,14,15). The van der Waals surface area contributed by atoms with Gasteiger partial charge in [0.2, 0.25) is 0 Å². The van der Waals surface area contributed by atoms with Crippen LogP contribution in [0.25, 0.3) is 0 Å². The normalized spacial score (nSPS) is 9.94. The smallest absolute Gasteiger partial charge is 0.335 e. The SMILES string of the molecule is C=C(Cn1cc(Br)cc([N+](=O)[O-])c1=O)C(=O)O. The average molecular weight is 303 g/mol. The highest BCUT2D eigenvalue weighted by Gasteiger charge is 2.17. The third-order valence-electron chi connectivity index (χ3n) is 1.89. The van der Waals surface area contributed by atoms with Crippen LogP contribution >= 0.6 is 15.9 Å². The van der Waals surface area contributed by atoms with Gasteiger partial charge in [0.25, 0.3) is 0 Å². The number of aromatic nitrogens is 1. The number of rotatable bonds is 4. The first-order valence-electron chi connectivity index (χ1n) is 4.28. The number of aliphatic carboxylic acids is 1. The molecule has 7 nitrogen and oxygen atoms in total. The molecule has 1 rings (SSSR count). The van der Waals surface area contributed by atoms with Gasteiger partial charge in [-0.2, -0.15) is 0 Å². The lowest BCUT2D eigenvalue weighted by molar-refractivity contribution is -0.386. The quantitative estimate of drug-likeness (QED) is 0.511. The Morgan fingerprint density at radius 3 is 2.71 bits per heavy atom. The van der Waals surface area contributed by atoms with Gasteiger partial charge in [0.05, 0.1) is 11.5 Å². The summed E-state index contributed by atoms with van der Waals surface area (Å²) in [4.78, 5) is 31.9. The van der Waals surface area contributed by atoms with Crippen molar-refractivity contribution in [3.8, 4) is 0 Å². The second kappa shape index (κ2) is 4.91. The van der Waals surface area contributed by atoms with E-state index in [1.807, 2.05) is 0 Å². The summed E-state index contributed by atoms with van der Waals surface area (Å²) in [6.07, 6.45) is 1.27. The third-order valence-corrected chi connectivity index (χ3v) is 2.33. The Balaban J connectivity index is 3.26. The Bertz CT molecular complexity index is 563. The molecule has 0 aliphatic heterocycles. The predicted molar refractivity (Wildman–Crippen MR) is 61.8 cm³/mol. The number of nitro groups is 1. The van der Waals surface area contributed by atoms with Crippen LogP contribution in [0.4, 0.5) is 5.69 Å². The lowest BCUT2D eigenvalue weighted by Crippen LogP contribution is -2.24. The van der Waals surface area contributed by atoms with Crippen LogP contribution in [-0.2, 0) is 11.3 Å². The van der Waals surface area contributed by atoms with Crippen LogP contribution in [-0.4, -0.2) is 20.6 Å². The minimum Gasteiger partial charge on any atom is -0.478 e. The van der Waals surface area contributed by atoms with E-state index in [-0.39, 0.29) is 12.1 Å². The summed E-state index contributed by atoms with van der Waals surface area (Å²) in [5, 5.41) is 19.2. The van der Waals surface area contributed by atoms with E-state index in [2.05, 4.69) is 22.5 Å². The molecule has 1 aromatic rings. The number of pyridine rings is 1. The summed E-state index contributed by atoms with van der Waals surface area (Å²) in [6, 6.07) is 1.06. The maximum atomic E-state index is 11.6. The van der Waals surface area contributed by atoms with Gasteiger partial charge in [0, 0.05) is 22.3 Å². The molecule has 0 saturated carbocycles. The molecule has 17 heavy (non-hydrogen) atoms. The summed E-state index contributed by atoms with van der Waals surface area (Å²) in [7, 11) is 0. The van der Waals surface area contributed by atoms with Crippen molar-refractivity contribution in [2.45, 2.75) is 6.54 Å². The van der Waals surface area contributed by atoms with Crippen molar-refractivity contribution in [2.75, 3.05) is 0 Å². The largest absolute Gasteiger partial charge is 0.478 e. The summed E-state index contributed by atoms with van der Waals surface area (Å²) >= 11 is 3.00. The van der Waals surface area contributed by atoms with Crippen LogP contribution in [0.5, 0.6) is 0 Å². The van der Waals surface area contributed by atoms with Crippen LogP contribution in [0, 0.1) is 10.1 Å². The zero-order valence-electron chi connectivity index (χ0n) is 8.42. The summed E-state index contributed by atoms with van der Waals surface area (Å²) in [5.74, 6) is -1.26. The van der Waals surface area contributed by atoms with Crippen molar-refractivity contribution < 1.29 is 14.8 Å². The molecule has 0 aromatic carbocycles. The van der Waals surface area contributed by atoms with Crippen LogP contribution < -0.4 is 5.56 Å². The Morgan fingerprint density at radius 2 is 2.24 bits per heavy atom. The van der Waals surface area contributed by atoms with Crippen molar-refractivity contribution in [1.29, 1.82) is 0 Å². The number of nitrogens with zero attached hydrogens (tertiary/aromatic N) is 2. The van der Waals surface area contributed by atoms with Crippen molar-refractivity contribution in [3.63, 3.8) is 0 Å². The third kappa shape index (κ3) is 3.00. The predicted octanol–water partition coefficient (Wildman–Crippen LogP) is 1.16. The molecule has 0 spiro atoms. The molecule has 0 bridgehead atoms. The molecular weight excluding hydrogens is 296 g/mol. The van der Waals surface area contributed by atoms with E-state index in [1.165, 1.54) is 6.20 Å². The monoisotopic (exact) mass is 302 g/mol. The van der Waals surface area contributed by atoms with Crippen LogP contribution in [0.3, 0.4) is 0 Å². The molecule has 0 unspecified atom stereocenters. The highest BCUT2D eigenvalue weighted by atomic mass is 79.9. The first-order valence-corrected chi connectivity index (χ1v) is 5.07. The van der Waals surface area contributed by atoms with E-state index < -0.39 is 22.1 Å². The molecule has 0 aliphatic carbocycles. The second-order valence-electron chi connectivity index (χ2n) is 3.14. The number of carboxylic acid groups (broad SMARTS) is 1. The van der Waals surface area contributed by atoms with Gasteiger partial charge < -0.3 is 9.67 Å². The van der Waals surface area contributed by atoms with Gasteiger partial charge >= 0.3 is 17.2 Å². The van der Waals surface area contributed by atoms with Gasteiger partial charge in [-0.05, 0) is 15.9 Å².